The molecule has 7 saturated carbocycles. The zero-order valence-corrected chi connectivity index (χ0v) is 39.2. The number of hydrogen-bond donors (Lipinski definition) is 0. The van der Waals surface area contributed by atoms with Crippen molar-refractivity contribution >= 4 is 29.2 Å². The number of likely N-dealkylation sites (tertiary alicyclic amines) is 1. The van der Waals surface area contributed by atoms with Gasteiger partial charge in [0, 0.05) is 75.2 Å². The Hall–Kier alpha value is -2.83. The molecule has 2 atom stereocenters. The van der Waals surface area contributed by atoms with Crippen LogP contribution < -0.4 is 0 Å². The lowest BCUT2D eigenvalue weighted by Crippen LogP contribution is -2.85. The molecule has 1 spiro atoms. The van der Waals surface area contributed by atoms with Gasteiger partial charge in [0.2, 0.25) is 11.8 Å². The van der Waals surface area contributed by atoms with E-state index in [1.807, 2.05) is 70.7 Å². The van der Waals surface area contributed by atoms with Gasteiger partial charge in [-0.05, 0) is 143 Å². The number of aryl methyl sites for hydroxylation is 1. The van der Waals surface area contributed by atoms with Crippen LogP contribution in [0.5, 0.6) is 0 Å². The highest BCUT2D eigenvalue weighted by Crippen LogP contribution is 2.93. The SMILES string of the molecule is CCC(=O)C1CC1.CCC(=O)C1CCCCC1.CCC(=O)N1CC2CCC1CC2.CCC(=O)N1CCCC1.CCC(=O)c1ccccc1C.CCC12CC3CC4CC(C1)C432. The summed E-state index contributed by atoms with van der Waals surface area (Å²) in [7, 11) is 0. The highest BCUT2D eigenvalue weighted by molar-refractivity contribution is 5.97. The highest BCUT2D eigenvalue weighted by Gasteiger charge is 2.86. The predicted octanol–water partition coefficient (Wildman–Crippen LogP) is 12.2. The van der Waals surface area contributed by atoms with E-state index in [0.717, 1.165) is 86.0 Å². The van der Waals surface area contributed by atoms with Gasteiger partial charge in [-0.25, -0.2) is 0 Å². The molecule has 1 aromatic rings. The molecule has 0 aromatic heterocycles. The molecule has 3 saturated heterocycles. The van der Waals surface area contributed by atoms with E-state index < -0.39 is 0 Å². The number of carbonyl (C=O) groups excluding carboxylic acids is 5. The van der Waals surface area contributed by atoms with Crippen molar-refractivity contribution < 1.29 is 24.0 Å². The lowest BCUT2D eigenvalue weighted by molar-refractivity contribution is -0.432. The smallest absolute Gasteiger partial charge is 0.222 e. The van der Waals surface area contributed by atoms with Crippen LogP contribution in [-0.2, 0) is 19.2 Å². The molecule has 1 aromatic carbocycles. The fourth-order valence-electron chi connectivity index (χ4n) is 13.0. The maximum atomic E-state index is 11.5. The number of benzene rings is 1. The van der Waals surface area contributed by atoms with E-state index in [1.165, 1.54) is 82.0 Å². The van der Waals surface area contributed by atoms with Crippen LogP contribution in [0.3, 0.4) is 0 Å². The third-order valence-corrected chi connectivity index (χ3v) is 16.7. The van der Waals surface area contributed by atoms with Crippen molar-refractivity contribution in [1.82, 2.24) is 9.80 Å². The Morgan fingerprint density at radius 1 is 0.600 bits per heavy atom. The minimum Gasteiger partial charge on any atom is -0.343 e. The molecule has 10 fully saturated rings. The van der Waals surface area contributed by atoms with E-state index in [1.54, 1.807) is 25.7 Å². The summed E-state index contributed by atoms with van der Waals surface area (Å²) < 4.78 is 0. The minimum absolute atomic E-state index is 0.225. The number of amides is 2. The molecule has 2 bridgehead atoms. The Balaban J connectivity index is 0.000000138. The number of Topliss-reactive ketones (excluding diaryl/α,β-unsaturated/α-hetero) is 3. The molecule has 2 amide bonds. The third-order valence-electron chi connectivity index (χ3n) is 16.7. The van der Waals surface area contributed by atoms with Gasteiger partial charge in [-0.2, -0.15) is 0 Å². The first kappa shape index (κ1) is 48.2. The molecule has 7 nitrogen and oxygen atoms in total. The van der Waals surface area contributed by atoms with Gasteiger partial charge in [-0.3, -0.25) is 24.0 Å². The van der Waals surface area contributed by atoms with Crippen molar-refractivity contribution in [1.29, 1.82) is 0 Å². The molecular formula is C53H84N2O5. The number of nitrogens with zero attached hydrogens (tertiary/aromatic N) is 2. The lowest BCUT2D eigenvalue weighted by Gasteiger charge is -2.91. The molecule has 10 aliphatic rings. The van der Waals surface area contributed by atoms with Gasteiger partial charge >= 0.3 is 0 Å². The van der Waals surface area contributed by atoms with Crippen molar-refractivity contribution in [3.8, 4) is 0 Å². The van der Waals surface area contributed by atoms with Crippen molar-refractivity contribution in [3.63, 3.8) is 0 Å². The molecule has 3 heterocycles. The van der Waals surface area contributed by atoms with E-state index in [9.17, 15) is 24.0 Å². The number of rotatable bonds is 9. The second-order valence-electron chi connectivity index (χ2n) is 19.9. The van der Waals surface area contributed by atoms with Gasteiger partial charge in [0.1, 0.15) is 11.6 Å². The second kappa shape index (κ2) is 22.5. The van der Waals surface area contributed by atoms with Crippen molar-refractivity contribution in [2.24, 2.45) is 46.3 Å². The largest absolute Gasteiger partial charge is 0.343 e. The van der Waals surface area contributed by atoms with E-state index >= 15 is 0 Å². The molecular weight excluding hydrogens is 745 g/mol. The number of carbonyl (C=O) groups is 5. The van der Waals surface area contributed by atoms with Crippen molar-refractivity contribution in [3.05, 3.63) is 35.4 Å². The first-order valence-corrected chi connectivity index (χ1v) is 25.1. The average Bonchev–Trinajstić information content (AvgIpc) is 3.99. The zero-order valence-electron chi connectivity index (χ0n) is 39.2. The molecule has 7 heteroatoms. The minimum atomic E-state index is 0.225. The van der Waals surface area contributed by atoms with Crippen molar-refractivity contribution in [2.45, 2.75) is 202 Å². The van der Waals surface area contributed by atoms with Crippen LogP contribution in [0.25, 0.3) is 0 Å². The summed E-state index contributed by atoms with van der Waals surface area (Å²) in [6, 6.07) is 8.28. The molecule has 3 aliphatic heterocycles. The van der Waals surface area contributed by atoms with Gasteiger partial charge in [0.15, 0.2) is 5.78 Å². The molecule has 60 heavy (non-hydrogen) atoms. The van der Waals surface area contributed by atoms with Crippen LogP contribution in [0, 0.1) is 53.3 Å². The first-order valence-electron chi connectivity index (χ1n) is 25.1. The van der Waals surface area contributed by atoms with Crippen LogP contribution in [-0.4, -0.2) is 64.6 Å². The molecule has 0 radical (unpaired) electrons. The van der Waals surface area contributed by atoms with Crippen molar-refractivity contribution in [2.75, 3.05) is 19.6 Å². The summed E-state index contributed by atoms with van der Waals surface area (Å²) in [6.07, 6.45) is 27.6. The summed E-state index contributed by atoms with van der Waals surface area (Å²) in [5.41, 5.74) is 3.85. The van der Waals surface area contributed by atoms with E-state index in [4.69, 9.17) is 0 Å². The monoisotopic (exact) mass is 829 g/mol. The molecule has 11 rings (SSSR count). The van der Waals surface area contributed by atoms with Gasteiger partial charge in [-0.1, -0.05) is 85.1 Å². The van der Waals surface area contributed by atoms with E-state index in [-0.39, 0.29) is 5.78 Å². The standard InChI is InChI=1S/C11H16.C10H17NO.C10H12O.C9H16O.C7H13NO.C6H10O/c1-2-10-5-8-3-7-4-9(6-10)11(7,8)10;1-2-10(12)11-7-8-3-5-9(11)6-4-8;1-3-10(11)9-7-5-4-6-8(9)2;1-2-9(10)8-6-4-3-5-7-8;1-2-7(9)8-5-3-4-6-8;1-2-6(7)5-3-4-5/h7-9H,2-6H2,1H3;8-9H,2-7H2,1H3;4-7H,3H2,1-2H3;8H,2-7H2,1H3;2-6H2,1H3;5H,2-4H2,1H3. The normalized spacial score (nSPS) is 30.8. The highest BCUT2D eigenvalue weighted by atomic mass is 16.2. The van der Waals surface area contributed by atoms with Crippen LogP contribution in [0.15, 0.2) is 24.3 Å². The molecule has 2 unspecified atom stereocenters. The Bertz CT molecular complexity index is 1550. The average molecular weight is 829 g/mol. The molecule has 7 aliphatic carbocycles. The van der Waals surface area contributed by atoms with Gasteiger partial charge < -0.3 is 9.80 Å². The predicted molar refractivity (Wildman–Crippen MR) is 244 cm³/mol. The van der Waals surface area contributed by atoms with Crippen LogP contribution in [0.2, 0.25) is 0 Å². The summed E-state index contributed by atoms with van der Waals surface area (Å²) in [5.74, 6) is 7.24. The van der Waals surface area contributed by atoms with E-state index in [2.05, 4.69) is 11.8 Å². The Morgan fingerprint density at radius 3 is 1.55 bits per heavy atom. The summed E-state index contributed by atoms with van der Waals surface area (Å²) in [6.45, 7) is 17.1. The quantitative estimate of drug-likeness (QED) is 0.231. The fourth-order valence-corrected chi connectivity index (χ4v) is 13.0. The summed E-state index contributed by atoms with van der Waals surface area (Å²) in [4.78, 5) is 59.5. The van der Waals surface area contributed by atoms with Gasteiger partial charge in [0.25, 0.3) is 0 Å². The summed E-state index contributed by atoms with van der Waals surface area (Å²) in [5, 5.41) is 0. The number of hydrogen-bond acceptors (Lipinski definition) is 5. The fraction of sp³-hybridized carbons (Fsp3) is 0.792. The first-order chi connectivity index (χ1) is 28.9. The topological polar surface area (TPSA) is 91.8 Å². The van der Waals surface area contributed by atoms with Crippen LogP contribution in [0.4, 0.5) is 0 Å². The Kier molecular flexibility index (Phi) is 18.1. The summed E-state index contributed by atoms with van der Waals surface area (Å²) >= 11 is 0. The Labute approximate surface area is 365 Å². The van der Waals surface area contributed by atoms with Gasteiger partial charge in [-0.15, -0.1) is 0 Å². The van der Waals surface area contributed by atoms with E-state index in [0.29, 0.717) is 60.5 Å². The number of ketones is 3. The number of piperidine rings is 2. The third kappa shape index (κ3) is 10.8. The molecule has 336 valence electrons. The number of fused-ring (bicyclic) bond motifs is 3. The van der Waals surface area contributed by atoms with Gasteiger partial charge in [0.05, 0.1) is 0 Å². The van der Waals surface area contributed by atoms with Crippen LogP contribution >= 0.6 is 0 Å². The second-order valence-corrected chi connectivity index (χ2v) is 19.9. The zero-order chi connectivity index (χ0) is 43.5. The van der Waals surface area contributed by atoms with Crippen LogP contribution in [0.1, 0.15) is 205 Å². The Morgan fingerprint density at radius 2 is 1.15 bits per heavy atom. The molecule has 0 N–H and O–H groups in total. The maximum Gasteiger partial charge on any atom is 0.222 e. The maximum absolute atomic E-state index is 11.5. The lowest BCUT2D eigenvalue weighted by atomic mass is 9.13.